The van der Waals surface area contributed by atoms with Crippen molar-refractivity contribution in [3.8, 4) is 5.75 Å². The van der Waals surface area contributed by atoms with Gasteiger partial charge in [-0.05, 0) is 36.6 Å². The monoisotopic (exact) mass is 356 g/mol. The average molecular weight is 357 g/mol. The molecule has 0 saturated heterocycles. The number of halogens is 5. The van der Waals surface area contributed by atoms with Gasteiger partial charge >= 0.3 is 12.0 Å². The second-order valence-corrected chi connectivity index (χ2v) is 5.57. The van der Waals surface area contributed by atoms with E-state index in [1.807, 2.05) is 0 Å². The minimum Gasteiger partial charge on any atom is -0.428 e. The van der Waals surface area contributed by atoms with Gasteiger partial charge in [-0.1, -0.05) is 35.7 Å². The quantitative estimate of drug-likeness (QED) is 0.442. The lowest BCUT2D eigenvalue weighted by atomic mass is 10.1. The van der Waals surface area contributed by atoms with Gasteiger partial charge in [-0.25, -0.2) is 0 Å². The predicted octanol–water partition coefficient (Wildman–Crippen LogP) is 5.81. The van der Waals surface area contributed by atoms with Crippen molar-refractivity contribution in [3.63, 3.8) is 0 Å². The van der Waals surface area contributed by atoms with Crippen LogP contribution in [0, 0.1) is 0 Å². The molecule has 0 spiro atoms. The number of unbranched alkanes of at least 4 members (excludes halogenated alkanes) is 2. The molecule has 0 aliphatic rings. The summed E-state index contributed by atoms with van der Waals surface area (Å²) in [5, 5.41) is 0. The molecule has 1 rings (SSSR count). The maximum Gasteiger partial charge on any atom is 0.463 e. The number of hydrogen-bond donors (Lipinski definition) is 0. The largest absolute Gasteiger partial charge is 0.463 e. The Balaban J connectivity index is 2.84. The highest BCUT2D eigenvalue weighted by atomic mass is 79.9. The fourth-order valence-electron chi connectivity index (χ4n) is 1.61. The van der Waals surface area contributed by atoms with Crippen LogP contribution in [-0.2, 0) is 6.42 Å². The number of hydrogen-bond acceptors (Lipinski definition) is 1. The minimum absolute atomic E-state index is 0.133. The highest BCUT2D eigenvalue weighted by molar-refractivity contribution is 9.10. The summed E-state index contributed by atoms with van der Waals surface area (Å²) in [4.78, 5) is 0. The maximum atomic E-state index is 13.2. The molecule has 0 bridgehead atoms. The van der Waals surface area contributed by atoms with Crippen molar-refractivity contribution in [2.75, 3.05) is 0 Å². The summed E-state index contributed by atoms with van der Waals surface area (Å²) < 4.78 is 56.7. The first-order valence-corrected chi connectivity index (χ1v) is 7.19. The second-order valence-electron chi connectivity index (χ2n) is 4.72. The molecule has 114 valence electrons. The van der Waals surface area contributed by atoms with Crippen molar-refractivity contribution in [3.05, 3.63) is 28.2 Å². The average Bonchev–Trinajstić information content (AvgIpc) is 2.31. The van der Waals surface area contributed by atoms with Crippen LogP contribution in [0.1, 0.15) is 38.7 Å². The molecule has 0 radical (unpaired) electrons. The van der Waals surface area contributed by atoms with E-state index in [9.17, 15) is 17.6 Å². The SMILES string of the molecule is CCCCCc1cc(OC(F)(F)C(C)(F)F)ccc1Br. The molecule has 0 amide bonds. The molecule has 0 saturated carbocycles. The fraction of sp³-hybridized carbons (Fsp3) is 0.571. The Kier molecular flexibility index (Phi) is 5.86. The zero-order valence-electron chi connectivity index (χ0n) is 11.4. The van der Waals surface area contributed by atoms with Crippen molar-refractivity contribution in [2.45, 2.75) is 51.6 Å². The van der Waals surface area contributed by atoms with Crippen LogP contribution in [0.15, 0.2) is 22.7 Å². The highest BCUT2D eigenvalue weighted by Crippen LogP contribution is 2.36. The lowest BCUT2D eigenvalue weighted by molar-refractivity contribution is -0.301. The molecule has 1 nitrogen and oxygen atoms in total. The summed E-state index contributed by atoms with van der Waals surface area (Å²) in [5.74, 6) is -4.49. The summed E-state index contributed by atoms with van der Waals surface area (Å²) in [6.07, 6.45) is -0.894. The summed E-state index contributed by atoms with van der Waals surface area (Å²) in [5.41, 5.74) is 0.770. The molecule has 0 unspecified atom stereocenters. The molecule has 0 aliphatic heterocycles. The van der Waals surface area contributed by atoms with Crippen LogP contribution in [0.25, 0.3) is 0 Å². The summed E-state index contributed by atoms with van der Waals surface area (Å²) in [7, 11) is 0. The summed E-state index contributed by atoms with van der Waals surface area (Å²) in [6.45, 7) is 2.19. The van der Waals surface area contributed by atoms with Gasteiger partial charge in [-0.3, -0.25) is 0 Å². The summed E-state index contributed by atoms with van der Waals surface area (Å²) >= 11 is 3.31. The standard InChI is InChI=1S/C14H17BrF4O/c1-3-4-5-6-10-9-11(7-8-12(10)15)20-14(18,19)13(2,16)17/h7-9H,3-6H2,1-2H3. The third-order valence-electron chi connectivity index (χ3n) is 2.82. The Bertz CT molecular complexity index is 443. The van der Waals surface area contributed by atoms with Crippen molar-refractivity contribution >= 4 is 15.9 Å². The Labute approximate surface area is 124 Å². The normalized spacial score (nSPS) is 12.6. The molecule has 1 aromatic rings. The first kappa shape index (κ1) is 17.3. The van der Waals surface area contributed by atoms with Crippen molar-refractivity contribution in [1.29, 1.82) is 0 Å². The van der Waals surface area contributed by atoms with Crippen molar-refractivity contribution in [1.82, 2.24) is 0 Å². The minimum atomic E-state index is -4.53. The Hall–Kier alpha value is -0.780. The van der Waals surface area contributed by atoms with E-state index in [1.165, 1.54) is 18.2 Å². The smallest absolute Gasteiger partial charge is 0.428 e. The lowest BCUT2D eigenvalue weighted by Crippen LogP contribution is -2.42. The van der Waals surface area contributed by atoms with Crippen LogP contribution in [0.4, 0.5) is 17.6 Å². The molecule has 0 aliphatic carbocycles. The van der Waals surface area contributed by atoms with Gasteiger partial charge in [-0.15, -0.1) is 0 Å². The molecule has 0 heterocycles. The number of rotatable bonds is 7. The van der Waals surface area contributed by atoms with Crippen LogP contribution in [0.3, 0.4) is 0 Å². The highest BCUT2D eigenvalue weighted by Gasteiger charge is 2.55. The molecular formula is C14H17BrF4O. The van der Waals surface area contributed by atoms with Crippen molar-refractivity contribution < 1.29 is 22.3 Å². The molecule has 0 atom stereocenters. The fourth-order valence-corrected chi connectivity index (χ4v) is 2.05. The van der Waals surface area contributed by atoms with Crippen LogP contribution >= 0.6 is 15.9 Å². The van der Waals surface area contributed by atoms with E-state index in [-0.39, 0.29) is 12.7 Å². The first-order valence-electron chi connectivity index (χ1n) is 6.40. The molecular weight excluding hydrogens is 340 g/mol. The van der Waals surface area contributed by atoms with Gasteiger partial charge in [-0.2, -0.15) is 17.6 Å². The van der Waals surface area contributed by atoms with E-state index < -0.39 is 12.0 Å². The van der Waals surface area contributed by atoms with Gasteiger partial charge in [0.05, 0.1) is 0 Å². The third kappa shape index (κ3) is 4.65. The summed E-state index contributed by atoms with van der Waals surface area (Å²) in [6, 6.07) is 4.15. The number of ether oxygens (including phenoxy) is 1. The molecule has 6 heteroatoms. The van der Waals surface area contributed by atoms with Crippen molar-refractivity contribution in [2.24, 2.45) is 0 Å². The molecule has 1 aromatic carbocycles. The molecule has 20 heavy (non-hydrogen) atoms. The predicted molar refractivity (Wildman–Crippen MR) is 73.6 cm³/mol. The Morgan fingerprint density at radius 1 is 1.15 bits per heavy atom. The number of alkyl halides is 4. The van der Waals surface area contributed by atoms with Crippen LogP contribution in [0.2, 0.25) is 0 Å². The van der Waals surface area contributed by atoms with Gasteiger partial charge < -0.3 is 4.74 Å². The topological polar surface area (TPSA) is 9.23 Å². The van der Waals surface area contributed by atoms with Crippen LogP contribution in [-0.4, -0.2) is 12.0 Å². The molecule has 0 N–H and O–H groups in total. The first-order chi connectivity index (χ1) is 9.17. The van der Waals surface area contributed by atoms with Gasteiger partial charge in [0.15, 0.2) is 0 Å². The lowest BCUT2D eigenvalue weighted by Gasteiger charge is -2.23. The Morgan fingerprint density at radius 3 is 2.35 bits per heavy atom. The van der Waals surface area contributed by atoms with E-state index in [0.29, 0.717) is 6.42 Å². The van der Waals surface area contributed by atoms with Gasteiger partial charge in [0, 0.05) is 11.4 Å². The second kappa shape index (κ2) is 6.78. The van der Waals surface area contributed by atoms with E-state index >= 15 is 0 Å². The molecule has 0 fully saturated rings. The van der Waals surface area contributed by atoms with E-state index in [4.69, 9.17) is 0 Å². The molecule has 0 aromatic heterocycles. The third-order valence-corrected chi connectivity index (χ3v) is 3.60. The zero-order valence-corrected chi connectivity index (χ0v) is 12.9. The van der Waals surface area contributed by atoms with Gasteiger partial charge in [0.1, 0.15) is 5.75 Å². The van der Waals surface area contributed by atoms with E-state index in [2.05, 4.69) is 27.6 Å². The van der Waals surface area contributed by atoms with E-state index in [0.717, 1.165) is 29.3 Å². The maximum absolute atomic E-state index is 13.2. The van der Waals surface area contributed by atoms with Crippen LogP contribution < -0.4 is 4.74 Å². The number of benzene rings is 1. The zero-order chi connectivity index (χ0) is 15.4. The Morgan fingerprint density at radius 2 is 1.80 bits per heavy atom. The van der Waals surface area contributed by atoms with E-state index in [1.54, 1.807) is 0 Å². The van der Waals surface area contributed by atoms with Crippen LogP contribution in [0.5, 0.6) is 5.75 Å². The van der Waals surface area contributed by atoms with Gasteiger partial charge in [0.2, 0.25) is 0 Å². The number of aryl methyl sites for hydroxylation is 1. The van der Waals surface area contributed by atoms with Gasteiger partial charge in [0.25, 0.3) is 0 Å².